The van der Waals surface area contributed by atoms with Crippen LogP contribution in [0.15, 0.2) is 22.2 Å². The molecule has 0 bridgehead atoms. The van der Waals surface area contributed by atoms with Crippen molar-refractivity contribution in [1.29, 1.82) is 0 Å². The molecular weight excluding hydrogens is 368 g/mol. The van der Waals surface area contributed by atoms with Gasteiger partial charge < -0.3 is 9.64 Å². The number of aromatic nitrogens is 1. The highest BCUT2D eigenvalue weighted by atomic mass is 32.2. The zero-order valence-corrected chi connectivity index (χ0v) is 15.6. The monoisotopic (exact) mass is 386 g/mol. The zero-order valence-electron chi connectivity index (χ0n) is 13.2. The minimum absolute atomic E-state index is 0.0178. The van der Waals surface area contributed by atoms with E-state index in [4.69, 9.17) is 4.74 Å². The van der Waals surface area contributed by atoms with Gasteiger partial charge in [0, 0.05) is 36.0 Å². The first-order chi connectivity index (χ1) is 11.5. The van der Waals surface area contributed by atoms with Gasteiger partial charge in [-0.2, -0.15) is 11.3 Å². The molecule has 0 aromatic carbocycles. The molecule has 1 aliphatic rings. The number of hydrogen-bond acceptors (Lipinski definition) is 7. The van der Waals surface area contributed by atoms with Crippen LogP contribution in [0.5, 0.6) is 0 Å². The van der Waals surface area contributed by atoms with E-state index in [1.165, 1.54) is 11.3 Å². The van der Waals surface area contributed by atoms with E-state index < -0.39 is 9.84 Å². The highest BCUT2D eigenvalue weighted by Crippen LogP contribution is 2.27. The number of methoxy groups -OCH3 is 1. The van der Waals surface area contributed by atoms with Gasteiger partial charge in [0.2, 0.25) is 0 Å². The number of sulfone groups is 1. The standard InChI is InChI=1S/C15H18N2O4S3/c1-21-5-4-17(12-3-7-24(19,20)10-12)15(18)13-9-23-14(16-13)11-2-6-22-8-11/h2,6,8-9,12H,3-5,7,10H2,1H3. The second-order valence-electron chi connectivity index (χ2n) is 5.60. The number of nitrogens with zero attached hydrogens (tertiary/aromatic N) is 2. The summed E-state index contributed by atoms with van der Waals surface area (Å²) in [5, 5.41) is 6.48. The van der Waals surface area contributed by atoms with Crippen LogP contribution >= 0.6 is 22.7 Å². The number of thiophene rings is 1. The Morgan fingerprint density at radius 3 is 2.92 bits per heavy atom. The molecule has 9 heteroatoms. The predicted molar refractivity (Wildman–Crippen MR) is 95.4 cm³/mol. The number of carbonyl (C=O) groups is 1. The van der Waals surface area contributed by atoms with E-state index in [2.05, 4.69) is 4.98 Å². The largest absolute Gasteiger partial charge is 0.383 e. The molecule has 3 rings (SSSR count). The van der Waals surface area contributed by atoms with Crippen LogP contribution in [0.25, 0.3) is 10.6 Å². The van der Waals surface area contributed by atoms with E-state index in [9.17, 15) is 13.2 Å². The van der Waals surface area contributed by atoms with Crippen LogP contribution < -0.4 is 0 Å². The zero-order chi connectivity index (χ0) is 17.2. The van der Waals surface area contributed by atoms with E-state index in [1.807, 2.05) is 16.8 Å². The Balaban J connectivity index is 1.81. The topological polar surface area (TPSA) is 76.6 Å². The molecule has 0 radical (unpaired) electrons. The summed E-state index contributed by atoms with van der Waals surface area (Å²) in [6.07, 6.45) is 0.472. The van der Waals surface area contributed by atoms with Gasteiger partial charge in [0.25, 0.3) is 5.91 Å². The lowest BCUT2D eigenvalue weighted by atomic mass is 10.2. The van der Waals surface area contributed by atoms with Gasteiger partial charge in [-0.05, 0) is 17.9 Å². The van der Waals surface area contributed by atoms with E-state index >= 15 is 0 Å². The summed E-state index contributed by atoms with van der Waals surface area (Å²) in [4.78, 5) is 18.9. The Morgan fingerprint density at radius 2 is 2.29 bits per heavy atom. The molecule has 2 aromatic heterocycles. The molecule has 6 nitrogen and oxygen atoms in total. The van der Waals surface area contributed by atoms with Crippen molar-refractivity contribution < 1.29 is 17.9 Å². The minimum atomic E-state index is -3.06. The maximum Gasteiger partial charge on any atom is 0.273 e. The number of carbonyl (C=O) groups excluding carboxylic acids is 1. The lowest BCUT2D eigenvalue weighted by Gasteiger charge is -2.27. The van der Waals surface area contributed by atoms with Crippen LogP contribution in [0.4, 0.5) is 0 Å². The van der Waals surface area contributed by atoms with Gasteiger partial charge in [0.15, 0.2) is 9.84 Å². The van der Waals surface area contributed by atoms with E-state index in [-0.39, 0.29) is 23.5 Å². The minimum Gasteiger partial charge on any atom is -0.383 e. The highest BCUT2D eigenvalue weighted by molar-refractivity contribution is 7.91. The Bertz CT molecular complexity index is 799. The van der Waals surface area contributed by atoms with E-state index in [1.54, 1.807) is 28.7 Å². The molecule has 1 fully saturated rings. The molecule has 2 aromatic rings. The van der Waals surface area contributed by atoms with Crippen molar-refractivity contribution in [1.82, 2.24) is 9.88 Å². The first-order valence-corrected chi connectivity index (χ1v) is 11.1. The van der Waals surface area contributed by atoms with Crippen molar-refractivity contribution in [2.45, 2.75) is 12.5 Å². The Morgan fingerprint density at radius 1 is 1.46 bits per heavy atom. The fraction of sp³-hybridized carbons (Fsp3) is 0.467. The molecule has 24 heavy (non-hydrogen) atoms. The molecule has 0 saturated carbocycles. The summed E-state index contributed by atoms with van der Waals surface area (Å²) in [6, 6.07) is 1.66. The van der Waals surface area contributed by atoms with Crippen LogP contribution in [0.1, 0.15) is 16.9 Å². The average molecular weight is 387 g/mol. The quantitative estimate of drug-likeness (QED) is 0.760. The highest BCUT2D eigenvalue weighted by Gasteiger charge is 2.35. The van der Waals surface area contributed by atoms with Gasteiger partial charge >= 0.3 is 0 Å². The summed E-state index contributed by atoms with van der Waals surface area (Å²) >= 11 is 3.00. The number of amides is 1. The van der Waals surface area contributed by atoms with Gasteiger partial charge in [-0.15, -0.1) is 11.3 Å². The molecule has 0 spiro atoms. The third-order valence-electron chi connectivity index (χ3n) is 3.94. The van der Waals surface area contributed by atoms with Gasteiger partial charge in [-0.25, -0.2) is 13.4 Å². The summed E-state index contributed by atoms with van der Waals surface area (Å²) in [6.45, 7) is 0.727. The van der Waals surface area contributed by atoms with Gasteiger partial charge in [-0.1, -0.05) is 0 Å². The van der Waals surface area contributed by atoms with E-state index in [0.29, 0.717) is 25.3 Å². The Kier molecular flexibility index (Phi) is 5.33. The van der Waals surface area contributed by atoms with Crippen molar-refractivity contribution in [2.75, 3.05) is 31.8 Å². The maximum atomic E-state index is 12.9. The molecule has 1 unspecified atom stereocenters. The number of ether oxygens (including phenoxy) is 1. The molecule has 0 N–H and O–H groups in total. The molecule has 1 atom stereocenters. The SMILES string of the molecule is COCCN(C(=O)c1csc(-c2ccsc2)n1)C1CCS(=O)(=O)C1. The Labute approximate surface area is 149 Å². The normalized spacial score (nSPS) is 19.5. The molecule has 1 saturated heterocycles. The van der Waals surface area contributed by atoms with Crippen molar-refractivity contribution in [3.8, 4) is 10.6 Å². The van der Waals surface area contributed by atoms with Gasteiger partial charge in [0.05, 0.1) is 18.1 Å². The lowest BCUT2D eigenvalue weighted by Crippen LogP contribution is -2.43. The third kappa shape index (κ3) is 3.85. The maximum absolute atomic E-state index is 12.9. The first-order valence-electron chi connectivity index (χ1n) is 7.48. The van der Waals surface area contributed by atoms with Crippen molar-refractivity contribution in [3.63, 3.8) is 0 Å². The van der Waals surface area contributed by atoms with Crippen LogP contribution in [-0.2, 0) is 14.6 Å². The van der Waals surface area contributed by atoms with Crippen LogP contribution in [0.2, 0.25) is 0 Å². The second kappa shape index (κ2) is 7.30. The average Bonchev–Trinajstić information content (AvgIpc) is 3.26. The third-order valence-corrected chi connectivity index (χ3v) is 7.26. The fourth-order valence-electron chi connectivity index (χ4n) is 2.70. The van der Waals surface area contributed by atoms with Gasteiger partial charge in [-0.3, -0.25) is 4.79 Å². The number of thiazole rings is 1. The summed E-state index contributed by atoms with van der Waals surface area (Å²) in [7, 11) is -1.50. The molecule has 3 heterocycles. The van der Waals surface area contributed by atoms with Crippen LogP contribution in [-0.4, -0.2) is 62.0 Å². The lowest BCUT2D eigenvalue weighted by molar-refractivity contribution is 0.0619. The van der Waals surface area contributed by atoms with Crippen LogP contribution in [0.3, 0.4) is 0 Å². The smallest absolute Gasteiger partial charge is 0.273 e. The van der Waals surface area contributed by atoms with Crippen LogP contribution in [0, 0.1) is 0 Å². The predicted octanol–water partition coefficient (Wildman–Crippen LogP) is 2.15. The van der Waals surface area contributed by atoms with Crippen molar-refractivity contribution in [2.24, 2.45) is 0 Å². The van der Waals surface area contributed by atoms with E-state index in [0.717, 1.165) is 10.6 Å². The molecule has 0 aliphatic carbocycles. The Hall–Kier alpha value is -1.29. The molecule has 1 aliphatic heterocycles. The summed E-state index contributed by atoms with van der Waals surface area (Å²) in [5.74, 6) is -0.0813. The molecule has 1 amide bonds. The van der Waals surface area contributed by atoms with Crippen molar-refractivity contribution in [3.05, 3.63) is 27.9 Å². The van der Waals surface area contributed by atoms with Crippen molar-refractivity contribution >= 4 is 38.4 Å². The fourth-order valence-corrected chi connectivity index (χ4v) is 5.94. The van der Waals surface area contributed by atoms with Gasteiger partial charge in [0.1, 0.15) is 10.7 Å². The second-order valence-corrected chi connectivity index (χ2v) is 9.46. The number of rotatable bonds is 6. The molecular formula is C15H18N2O4S3. The number of hydrogen-bond donors (Lipinski definition) is 0. The summed E-state index contributed by atoms with van der Waals surface area (Å²) < 4.78 is 28.6. The molecule has 130 valence electrons. The first kappa shape index (κ1) is 17.5. The summed E-state index contributed by atoms with van der Waals surface area (Å²) in [5.41, 5.74) is 1.36.